The summed E-state index contributed by atoms with van der Waals surface area (Å²) in [5.41, 5.74) is 4.98. The SMILES string of the molecule is CC(C)(c1ccccc1)c1cccc(CC(=O)O)c1C(C)(C)c1ccccc1. The van der Waals surface area contributed by atoms with Crippen molar-refractivity contribution in [1.29, 1.82) is 0 Å². The Bertz CT molecular complexity index is 954. The van der Waals surface area contributed by atoms with E-state index in [1.807, 2.05) is 36.4 Å². The summed E-state index contributed by atoms with van der Waals surface area (Å²) >= 11 is 0. The zero-order chi connectivity index (χ0) is 20.4. The van der Waals surface area contributed by atoms with Crippen molar-refractivity contribution in [3.63, 3.8) is 0 Å². The smallest absolute Gasteiger partial charge is 0.307 e. The molecule has 3 aromatic carbocycles. The maximum atomic E-state index is 11.6. The monoisotopic (exact) mass is 372 g/mol. The quantitative estimate of drug-likeness (QED) is 0.579. The molecular formula is C26H28O2. The van der Waals surface area contributed by atoms with Gasteiger partial charge >= 0.3 is 5.97 Å². The van der Waals surface area contributed by atoms with Crippen LogP contribution in [0.2, 0.25) is 0 Å². The van der Waals surface area contributed by atoms with Crippen molar-refractivity contribution in [2.45, 2.75) is 44.9 Å². The van der Waals surface area contributed by atoms with Gasteiger partial charge in [-0.1, -0.05) is 107 Å². The summed E-state index contributed by atoms with van der Waals surface area (Å²) in [6.07, 6.45) is 0.0182. The molecule has 0 aromatic heterocycles. The van der Waals surface area contributed by atoms with Gasteiger partial charge in [0.15, 0.2) is 0 Å². The summed E-state index contributed by atoms with van der Waals surface area (Å²) in [6.45, 7) is 8.81. The average molecular weight is 373 g/mol. The van der Waals surface area contributed by atoms with E-state index in [4.69, 9.17) is 0 Å². The molecule has 2 heteroatoms. The molecule has 0 bridgehead atoms. The molecule has 3 aromatic rings. The van der Waals surface area contributed by atoms with Gasteiger partial charge in [0.25, 0.3) is 0 Å². The summed E-state index contributed by atoms with van der Waals surface area (Å²) in [4.78, 5) is 11.6. The van der Waals surface area contributed by atoms with E-state index in [1.54, 1.807) is 0 Å². The van der Waals surface area contributed by atoms with E-state index in [2.05, 4.69) is 70.2 Å². The first-order valence-corrected chi connectivity index (χ1v) is 9.70. The van der Waals surface area contributed by atoms with Gasteiger partial charge in [0.05, 0.1) is 6.42 Å². The Labute approximate surface area is 167 Å². The highest BCUT2D eigenvalue weighted by atomic mass is 16.4. The molecule has 0 saturated carbocycles. The Morgan fingerprint density at radius 1 is 0.714 bits per heavy atom. The molecule has 0 aliphatic heterocycles. The molecule has 0 amide bonds. The second kappa shape index (κ2) is 7.63. The summed E-state index contributed by atoms with van der Waals surface area (Å²) in [6, 6.07) is 26.9. The number of carbonyl (C=O) groups is 1. The standard InChI is InChI=1S/C26H28O2/c1-25(2,20-13-7-5-8-14-20)22-17-11-12-19(18-23(27)28)24(22)26(3,4)21-15-9-6-10-16-21/h5-17H,18H2,1-4H3,(H,27,28). The topological polar surface area (TPSA) is 37.3 Å². The maximum Gasteiger partial charge on any atom is 0.307 e. The summed E-state index contributed by atoms with van der Waals surface area (Å²) in [5, 5.41) is 9.54. The van der Waals surface area contributed by atoms with Crippen LogP contribution in [0.5, 0.6) is 0 Å². The Morgan fingerprint density at radius 3 is 1.71 bits per heavy atom. The Hall–Kier alpha value is -2.87. The van der Waals surface area contributed by atoms with Gasteiger partial charge in [-0.3, -0.25) is 4.79 Å². The van der Waals surface area contributed by atoms with Gasteiger partial charge in [-0.15, -0.1) is 0 Å². The van der Waals surface area contributed by atoms with E-state index >= 15 is 0 Å². The zero-order valence-corrected chi connectivity index (χ0v) is 17.1. The molecular weight excluding hydrogens is 344 g/mol. The lowest BCUT2D eigenvalue weighted by atomic mass is 9.66. The minimum absolute atomic E-state index is 0.0182. The molecule has 1 N–H and O–H groups in total. The van der Waals surface area contributed by atoms with E-state index in [0.29, 0.717) is 0 Å². The van der Waals surface area contributed by atoms with Crippen molar-refractivity contribution >= 4 is 5.97 Å². The molecule has 0 saturated heterocycles. The average Bonchev–Trinajstić information content (AvgIpc) is 2.68. The molecule has 0 spiro atoms. The lowest BCUT2D eigenvalue weighted by Crippen LogP contribution is -2.30. The second-order valence-electron chi connectivity index (χ2n) is 8.39. The molecule has 0 heterocycles. The van der Waals surface area contributed by atoms with Crippen LogP contribution in [-0.2, 0) is 22.0 Å². The summed E-state index contributed by atoms with van der Waals surface area (Å²) < 4.78 is 0. The van der Waals surface area contributed by atoms with Crippen LogP contribution >= 0.6 is 0 Å². The van der Waals surface area contributed by atoms with Crippen molar-refractivity contribution in [2.24, 2.45) is 0 Å². The molecule has 3 rings (SSSR count). The number of rotatable bonds is 6. The zero-order valence-electron chi connectivity index (χ0n) is 17.1. The van der Waals surface area contributed by atoms with Gasteiger partial charge in [-0.2, -0.15) is 0 Å². The molecule has 0 atom stereocenters. The Morgan fingerprint density at radius 2 is 1.21 bits per heavy atom. The third kappa shape index (κ3) is 3.73. The minimum Gasteiger partial charge on any atom is -0.481 e. The molecule has 0 fully saturated rings. The minimum atomic E-state index is -0.806. The highest BCUT2D eigenvalue weighted by molar-refractivity contribution is 5.72. The first-order chi connectivity index (χ1) is 13.2. The van der Waals surface area contributed by atoms with Crippen molar-refractivity contribution in [3.05, 3.63) is 107 Å². The number of benzene rings is 3. The molecule has 0 aliphatic rings. The van der Waals surface area contributed by atoms with Crippen LogP contribution in [0.4, 0.5) is 0 Å². The lowest BCUT2D eigenvalue weighted by Gasteiger charge is -2.37. The van der Waals surface area contributed by atoms with Gasteiger partial charge in [0.2, 0.25) is 0 Å². The van der Waals surface area contributed by atoms with E-state index in [0.717, 1.165) is 11.1 Å². The molecule has 2 nitrogen and oxygen atoms in total. The molecule has 28 heavy (non-hydrogen) atoms. The van der Waals surface area contributed by atoms with Crippen LogP contribution in [0.25, 0.3) is 0 Å². The van der Waals surface area contributed by atoms with Gasteiger partial charge in [0, 0.05) is 10.8 Å². The number of carboxylic acid groups (broad SMARTS) is 1. The first-order valence-electron chi connectivity index (χ1n) is 9.70. The normalized spacial score (nSPS) is 12.0. The highest BCUT2D eigenvalue weighted by Crippen LogP contribution is 2.43. The number of hydrogen-bond donors (Lipinski definition) is 1. The van der Waals surface area contributed by atoms with E-state index in [-0.39, 0.29) is 17.3 Å². The third-order valence-corrected chi connectivity index (χ3v) is 5.78. The van der Waals surface area contributed by atoms with Crippen molar-refractivity contribution in [1.82, 2.24) is 0 Å². The van der Waals surface area contributed by atoms with Crippen LogP contribution in [0.3, 0.4) is 0 Å². The predicted octanol–water partition coefficient (Wildman–Crippen LogP) is 5.97. The number of aliphatic carboxylic acids is 1. The van der Waals surface area contributed by atoms with Crippen LogP contribution in [0.15, 0.2) is 78.9 Å². The highest BCUT2D eigenvalue weighted by Gasteiger charge is 2.35. The fraction of sp³-hybridized carbons (Fsp3) is 0.269. The number of carboxylic acids is 1. The van der Waals surface area contributed by atoms with Gasteiger partial charge in [-0.25, -0.2) is 0 Å². The fourth-order valence-corrected chi connectivity index (χ4v) is 4.18. The molecule has 0 unspecified atom stereocenters. The predicted molar refractivity (Wildman–Crippen MR) is 115 cm³/mol. The largest absolute Gasteiger partial charge is 0.481 e. The van der Waals surface area contributed by atoms with Crippen molar-refractivity contribution < 1.29 is 9.90 Å². The van der Waals surface area contributed by atoms with Crippen LogP contribution in [-0.4, -0.2) is 11.1 Å². The van der Waals surface area contributed by atoms with Crippen LogP contribution in [0.1, 0.15) is 55.5 Å². The summed E-state index contributed by atoms with van der Waals surface area (Å²) in [7, 11) is 0. The third-order valence-electron chi connectivity index (χ3n) is 5.78. The van der Waals surface area contributed by atoms with Crippen LogP contribution < -0.4 is 0 Å². The van der Waals surface area contributed by atoms with Crippen molar-refractivity contribution in [2.75, 3.05) is 0 Å². The van der Waals surface area contributed by atoms with Crippen molar-refractivity contribution in [3.8, 4) is 0 Å². The number of hydrogen-bond acceptors (Lipinski definition) is 1. The Balaban J connectivity index is 2.28. The fourth-order valence-electron chi connectivity index (χ4n) is 4.18. The van der Waals surface area contributed by atoms with Gasteiger partial charge in [0.1, 0.15) is 0 Å². The molecule has 0 radical (unpaired) electrons. The van der Waals surface area contributed by atoms with Gasteiger partial charge < -0.3 is 5.11 Å². The lowest BCUT2D eigenvalue weighted by molar-refractivity contribution is -0.136. The summed E-state index contributed by atoms with van der Waals surface area (Å²) in [5.74, 6) is -0.806. The Kier molecular flexibility index (Phi) is 5.42. The molecule has 144 valence electrons. The van der Waals surface area contributed by atoms with E-state index in [1.165, 1.54) is 16.7 Å². The van der Waals surface area contributed by atoms with E-state index in [9.17, 15) is 9.90 Å². The van der Waals surface area contributed by atoms with Crippen LogP contribution in [0, 0.1) is 0 Å². The van der Waals surface area contributed by atoms with Gasteiger partial charge in [-0.05, 0) is 27.8 Å². The van der Waals surface area contributed by atoms with E-state index < -0.39 is 5.97 Å². The maximum absolute atomic E-state index is 11.6. The first kappa shape index (κ1) is 19.9. The second-order valence-corrected chi connectivity index (χ2v) is 8.39. The molecule has 0 aliphatic carbocycles.